The molecule has 0 bridgehead atoms. The Morgan fingerprint density at radius 3 is 1.06 bits per heavy atom. The van der Waals surface area contributed by atoms with Crippen molar-refractivity contribution in [2.24, 2.45) is 0 Å². The molecule has 1 rings (SSSR count). The summed E-state index contributed by atoms with van der Waals surface area (Å²) in [5.41, 5.74) is 0. The molecule has 0 aromatic heterocycles. The summed E-state index contributed by atoms with van der Waals surface area (Å²) in [6, 6.07) is 0. The lowest BCUT2D eigenvalue weighted by Crippen LogP contribution is -2.76. The van der Waals surface area contributed by atoms with Crippen molar-refractivity contribution in [2.45, 2.75) is 60.0 Å². The van der Waals surface area contributed by atoms with Crippen LogP contribution in [-0.4, -0.2) is 69.8 Å². The van der Waals surface area contributed by atoms with Gasteiger partial charge in [-0.25, -0.2) is 13.2 Å². The lowest BCUT2D eigenvalue weighted by atomic mass is 9.82. The summed E-state index contributed by atoms with van der Waals surface area (Å²) in [6.45, 7) is 0. The van der Waals surface area contributed by atoms with Crippen molar-refractivity contribution in [2.75, 3.05) is 0 Å². The van der Waals surface area contributed by atoms with Crippen LogP contribution >= 0.6 is 8.25 Å². The monoisotopic (exact) mass is 527 g/mol. The van der Waals surface area contributed by atoms with Crippen molar-refractivity contribution < 1.29 is 89.0 Å². The molecule has 3 unspecified atom stereocenters. The molecular formula is C10H5F17O3P+. The van der Waals surface area contributed by atoms with Crippen LogP contribution in [0, 0.1) is 0 Å². The van der Waals surface area contributed by atoms with Crippen LogP contribution in [0.15, 0.2) is 0 Å². The second kappa shape index (κ2) is 8.00. The summed E-state index contributed by atoms with van der Waals surface area (Å²) in [4.78, 5) is 14.2. The van der Waals surface area contributed by atoms with E-state index in [-0.39, 0.29) is 0 Å². The van der Waals surface area contributed by atoms with E-state index in [0.29, 0.717) is 0 Å². The maximum absolute atomic E-state index is 13.1. The van der Waals surface area contributed by atoms with Crippen molar-refractivity contribution in [1.82, 2.24) is 0 Å². The fraction of sp³-hybridized carbons (Fsp3) is 1.00. The van der Waals surface area contributed by atoms with Crippen LogP contribution in [0.4, 0.5) is 74.6 Å². The third-order valence-corrected chi connectivity index (χ3v) is 3.65. The van der Waals surface area contributed by atoms with Gasteiger partial charge in [0, 0.05) is 4.57 Å². The van der Waals surface area contributed by atoms with Crippen molar-refractivity contribution in [3.8, 4) is 0 Å². The maximum Gasteiger partial charge on any atom is 0.692 e. The molecule has 0 radical (unpaired) electrons. The Kier molecular flexibility index (Phi) is 7.70. The molecule has 186 valence electrons. The molecule has 0 saturated heterocycles. The molecule has 21 heteroatoms. The minimum atomic E-state index is -8.33. The van der Waals surface area contributed by atoms with Crippen molar-refractivity contribution in [1.29, 1.82) is 0 Å². The van der Waals surface area contributed by atoms with Crippen molar-refractivity contribution >= 4 is 8.25 Å². The second-order valence-corrected chi connectivity index (χ2v) is 6.14. The van der Waals surface area contributed by atoms with Gasteiger partial charge in [-0.2, -0.15) is 61.5 Å². The van der Waals surface area contributed by atoms with E-state index in [1.807, 2.05) is 0 Å². The summed E-state index contributed by atoms with van der Waals surface area (Å²) >= 11 is 0. The van der Waals surface area contributed by atoms with Crippen LogP contribution in [0.25, 0.3) is 0 Å². The van der Waals surface area contributed by atoms with Gasteiger partial charge < -0.3 is 0 Å². The minimum Gasteiger partial charge on any atom is -0.237 e. The zero-order valence-corrected chi connectivity index (χ0v) is 14.3. The van der Waals surface area contributed by atoms with Gasteiger partial charge in [0.15, 0.2) is 0 Å². The molecule has 0 spiro atoms. The molecule has 3 nitrogen and oxygen atoms in total. The van der Waals surface area contributed by atoms with E-state index in [2.05, 4.69) is 0 Å². The van der Waals surface area contributed by atoms with Gasteiger partial charge in [-0.05, 0) is 0 Å². The number of halogens is 17. The summed E-state index contributed by atoms with van der Waals surface area (Å²) < 4.78 is 231. The van der Waals surface area contributed by atoms with E-state index in [1.165, 1.54) is 0 Å². The molecule has 2 N–H and O–H groups in total. The van der Waals surface area contributed by atoms with E-state index in [1.54, 1.807) is 0 Å². The third kappa shape index (κ3) is 4.02. The fourth-order valence-electron chi connectivity index (χ4n) is 1.91. The van der Waals surface area contributed by atoms with E-state index in [4.69, 9.17) is 14.4 Å². The van der Waals surface area contributed by atoms with Crippen molar-refractivity contribution in [3.63, 3.8) is 0 Å². The van der Waals surface area contributed by atoms with Crippen LogP contribution in [0.3, 0.4) is 0 Å². The van der Waals surface area contributed by atoms with Gasteiger partial charge in [0.05, 0.1) is 0 Å². The molecule has 31 heavy (non-hydrogen) atoms. The molecule has 0 amide bonds. The number of hydrogen-bond donors (Lipinski definition) is 2. The highest BCUT2D eigenvalue weighted by Crippen LogP contribution is 2.63. The van der Waals surface area contributed by atoms with E-state index in [0.717, 1.165) is 0 Å². The summed E-state index contributed by atoms with van der Waals surface area (Å²) in [7, 11) is -2.87. The SMILES string of the molecule is FC1C(F)C(F)(F)C(F)(F)C(F)(F)C(F)(F)C(F)(F)C(F)(F)C(F)C1(F)F.O=[P+](O)O. The van der Waals surface area contributed by atoms with Crippen LogP contribution in [0.2, 0.25) is 0 Å². The van der Waals surface area contributed by atoms with Gasteiger partial charge in [0.2, 0.25) is 18.5 Å². The predicted octanol–water partition coefficient (Wildman–Crippen LogP) is 5.09. The number of hydrogen-bond acceptors (Lipinski definition) is 1. The third-order valence-electron chi connectivity index (χ3n) is 3.65. The summed E-state index contributed by atoms with van der Waals surface area (Å²) in [5.74, 6) is -55.3. The normalized spacial score (nSPS) is 34.6. The van der Waals surface area contributed by atoms with Crippen LogP contribution < -0.4 is 0 Å². The highest BCUT2D eigenvalue weighted by atomic mass is 31.1. The van der Waals surface area contributed by atoms with E-state index in [9.17, 15) is 74.6 Å². The van der Waals surface area contributed by atoms with Gasteiger partial charge in [-0.1, -0.05) is 0 Å². The van der Waals surface area contributed by atoms with Crippen molar-refractivity contribution in [3.05, 3.63) is 0 Å². The van der Waals surface area contributed by atoms with Gasteiger partial charge in [0.25, 0.3) is 0 Å². The lowest BCUT2D eigenvalue weighted by Gasteiger charge is -2.45. The molecule has 1 aliphatic carbocycles. The Bertz CT molecular complexity index is 675. The average molecular weight is 527 g/mol. The molecule has 1 fully saturated rings. The molecule has 3 atom stereocenters. The molecular weight excluding hydrogens is 522 g/mol. The molecule has 1 aliphatic rings. The topological polar surface area (TPSA) is 57.5 Å². The number of rotatable bonds is 0. The molecule has 0 aromatic carbocycles. The Balaban J connectivity index is 0.00000206. The lowest BCUT2D eigenvalue weighted by molar-refractivity contribution is -0.446. The highest BCUT2D eigenvalue weighted by Gasteiger charge is 2.94. The Hall–Kier alpha value is -1.17. The summed E-state index contributed by atoms with van der Waals surface area (Å²) in [6.07, 6.45) is -18.1. The summed E-state index contributed by atoms with van der Waals surface area (Å²) in [5, 5.41) is 0. The van der Waals surface area contributed by atoms with E-state index >= 15 is 0 Å². The number of alkyl halides is 17. The first kappa shape index (κ1) is 29.8. The van der Waals surface area contributed by atoms with Gasteiger partial charge >= 0.3 is 49.7 Å². The first-order chi connectivity index (χ1) is 13.2. The minimum absolute atomic E-state index is 2.87. The fourth-order valence-corrected chi connectivity index (χ4v) is 1.91. The Morgan fingerprint density at radius 2 is 0.774 bits per heavy atom. The molecule has 0 aliphatic heterocycles. The van der Waals surface area contributed by atoms with Crippen LogP contribution in [0.5, 0.6) is 0 Å². The Labute approximate surface area is 158 Å². The first-order valence-electron chi connectivity index (χ1n) is 6.62. The van der Waals surface area contributed by atoms with Crippen LogP contribution in [-0.2, 0) is 4.57 Å². The predicted molar refractivity (Wildman–Crippen MR) is 61.4 cm³/mol. The standard InChI is InChI=1S/C10H3F17.HO3P/c11-1-2(12)5(16,17)7(20,21)9(24,25)10(26,27)8(22,23)6(18,19)3(13)4(1,14)15;1-4(2)3/h1-3H;(H-,1,2,3)/p+1. The van der Waals surface area contributed by atoms with Gasteiger partial charge in [-0.15, -0.1) is 9.79 Å². The largest absolute Gasteiger partial charge is 0.692 e. The zero-order chi connectivity index (χ0) is 25.8. The van der Waals surface area contributed by atoms with Gasteiger partial charge in [-0.3, -0.25) is 0 Å². The maximum atomic E-state index is 13.1. The molecule has 0 heterocycles. The van der Waals surface area contributed by atoms with E-state index < -0.39 is 68.2 Å². The Morgan fingerprint density at radius 1 is 0.516 bits per heavy atom. The smallest absolute Gasteiger partial charge is 0.237 e. The molecule has 0 aromatic rings. The van der Waals surface area contributed by atoms with Crippen LogP contribution in [0.1, 0.15) is 0 Å². The highest BCUT2D eigenvalue weighted by molar-refractivity contribution is 7.30. The second-order valence-electron chi connectivity index (χ2n) is 5.64. The zero-order valence-electron chi connectivity index (χ0n) is 13.4. The first-order valence-corrected chi connectivity index (χ1v) is 7.79. The van der Waals surface area contributed by atoms with Gasteiger partial charge in [0.1, 0.15) is 0 Å². The quantitative estimate of drug-likeness (QED) is 0.341. The average Bonchev–Trinajstić information content (AvgIpc) is 2.57. The molecule has 1 saturated carbocycles.